The van der Waals surface area contributed by atoms with Gasteiger partial charge in [-0.25, -0.2) is 9.78 Å². The first-order chi connectivity index (χ1) is 12.3. The van der Waals surface area contributed by atoms with Crippen molar-refractivity contribution in [1.29, 1.82) is 0 Å². The summed E-state index contributed by atoms with van der Waals surface area (Å²) in [6, 6.07) is 3.96. The fraction of sp³-hybridized carbons (Fsp3) is 0.250. The molecule has 0 spiro atoms. The standard InChI is InChI=1S/C16H16N4O6/c1-9-7-18-13(8-17-9)16(22)26-10(2)15(21)19-12-5-4-11(25-3)6-14(12)20(23)24/h4-8,10H,1-3H3,(H,19,21). The van der Waals surface area contributed by atoms with Crippen LogP contribution in [0.4, 0.5) is 11.4 Å². The fourth-order valence-electron chi connectivity index (χ4n) is 1.90. The molecule has 0 fully saturated rings. The molecule has 0 saturated carbocycles. The molecule has 1 atom stereocenters. The summed E-state index contributed by atoms with van der Waals surface area (Å²) in [5.74, 6) is -1.29. The van der Waals surface area contributed by atoms with E-state index in [1.54, 1.807) is 6.92 Å². The van der Waals surface area contributed by atoms with Crippen molar-refractivity contribution in [3.63, 3.8) is 0 Å². The summed E-state index contributed by atoms with van der Waals surface area (Å²) < 4.78 is 9.93. The quantitative estimate of drug-likeness (QED) is 0.469. The number of carbonyl (C=O) groups is 2. The van der Waals surface area contributed by atoms with Crippen molar-refractivity contribution >= 4 is 23.3 Å². The average molecular weight is 360 g/mol. The second-order valence-electron chi connectivity index (χ2n) is 5.22. The molecule has 1 heterocycles. The maximum atomic E-state index is 12.2. The Balaban J connectivity index is 2.08. The average Bonchev–Trinajstić information content (AvgIpc) is 2.62. The minimum absolute atomic E-state index is 0.0428. The number of nitro benzene ring substituents is 1. The Kier molecular flexibility index (Phi) is 5.78. The molecule has 0 bridgehead atoms. The van der Waals surface area contributed by atoms with Gasteiger partial charge in [0.15, 0.2) is 11.8 Å². The van der Waals surface area contributed by atoms with E-state index in [2.05, 4.69) is 15.3 Å². The second-order valence-corrected chi connectivity index (χ2v) is 5.22. The number of ether oxygens (including phenoxy) is 2. The van der Waals surface area contributed by atoms with Gasteiger partial charge in [-0.15, -0.1) is 0 Å². The molecule has 0 aliphatic carbocycles. The largest absolute Gasteiger partial charge is 0.496 e. The normalized spacial score (nSPS) is 11.3. The highest BCUT2D eigenvalue weighted by Crippen LogP contribution is 2.29. The zero-order valence-corrected chi connectivity index (χ0v) is 14.3. The number of nitrogens with zero attached hydrogens (tertiary/aromatic N) is 3. The third kappa shape index (κ3) is 4.50. The molecule has 10 heteroatoms. The molecule has 2 rings (SSSR count). The van der Waals surface area contributed by atoms with E-state index in [1.165, 1.54) is 44.6 Å². The topological polar surface area (TPSA) is 134 Å². The van der Waals surface area contributed by atoms with Crippen molar-refractivity contribution in [3.05, 3.63) is 52.1 Å². The lowest BCUT2D eigenvalue weighted by Gasteiger charge is -2.13. The van der Waals surface area contributed by atoms with Gasteiger partial charge in [0.1, 0.15) is 11.4 Å². The van der Waals surface area contributed by atoms with Crippen LogP contribution >= 0.6 is 0 Å². The molecule has 1 amide bonds. The number of anilines is 1. The number of hydrogen-bond donors (Lipinski definition) is 1. The number of aryl methyl sites for hydroxylation is 1. The Morgan fingerprint density at radius 3 is 2.58 bits per heavy atom. The Labute approximate surface area is 148 Å². The highest BCUT2D eigenvalue weighted by atomic mass is 16.6. The monoisotopic (exact) mass is 360 g/mol. The number of rotatable bonds is 6. The molecule has 0 radical (unpaired) electrons. The fourth-order valence-corrected chi connectivity index (χ4v) is 1.90. The summed E-state index contributed by atoms with van der Waals surface area (Å²) in [7, 11) is 1.37. The Hall–Kier alpha value is -3.56. The third-order valence-electron chi connectivity index (χ3n) is 3.30. The minimum atomic E-state index is -1.20. The van der Waals surface area contributed by atoms with Gasteiger partial charge in [-0.05, 0) is 26.0 Å². The van der Waals surface area contributed by atoms with E-state index in [1.807, 2.05) is 0 Å². The summed E-state index contributed by atoms with van der Waals surface area (Å²) >= 11 is 0. The van der Waals surface area contributed by atoms with Crippen molar-refractivity contribution < 1.29 is 24.0 Å². The van der Waals surface area contributed by atoms with Crippen LogP contribution in [0.25, 0.3) is 0 Å². The number of nitrogens with one attached hydrogen (secondary N) is 1. The van der Waals surface area contributed by atoms with Crippen LogP contribution in [0, 0.1) is 17.0 Å². The smallest absolute Gasteiger partial charge is 0.359 e. The van der Waals surface area contributed by atoms with Crippen molar-refractivity contribution in [2.24, 2.45) is 0 Å². The van der Waals surface area contributed by atoms with Gasteiger partial charge in [0.25, 0.3) is 11.6 Å². The van der Waals surface area contributed by atoms with Gasteiger partial charge in [0.05, 0.1) is 30.0 Å². The Bertz CT molecular complexity index is 837. The van der Waals surface area contributed by atoms with Gasteiger partial charge in [0.2, 0.25) is 0 Å². The highest BCUT2D eigenvalue weighted by Gasteiger charge is 2.23. The molecular weight excluding hydrogens is 344 g/mol. The zero-order valence-electron chi connectivity index (χ0n) is 14.3. The van der Waals surface area contributed by atoms with Crippen LogP contribution < -0.4 is 10.1 Å². The van der Waals surface area contributed by atoms with Gasteiger partial charge in [-0.3, -0.25) is 19.9 Å². The first kappa shape index (κ1) is 18.8. The van der Waals surface area contributed by atoms with Crippen LogP contribution in [0.5, 0.6) is 5.75 Å². The number of nitro groups is 1. The predicted octanol–water partition coefficient (Wildman–Crippen LogP) is 1.89. The molecule has 26 heavy (non-hydrogen) atoms. The third-order valence-corrected chi connectivity index (χ3v) is 3.30. The zero-order chi connectivity index (χ0) is 19.3. The van der Waals surface area contributed by atoms with Crippen LogP contribution in [0.15, 0.2) is 30.6 Å². The molecule has 2 aromatic rings. The Morgan fingerprint density at radius 2 is 2.00 bits per heavy atom. The summed E-state index contributed by atoms with van der Waals surface area (Å²) in [6.45, 7) is 3.05. The lowest BCUT2D eigenvalue weighted by molar-refractivity contribution is -0.384. The number of aromatic nitrogens is 2. The van der Waals surface area contributed by atoms with Crippen molar-refractivity contribution in [2.45, 2.75) is 20.0 Å². The molecule has 1 N–H and O–H groups in total. The van der Waals surface area contributed by atoms with E-state index >= 15 is 0 Å². The van der Waals surface area contributed by atoms with Crippen molar-refractivity contribution in [2.75, 3.05) is 12.4 Å². The van der Waals surface area contributed by atoms with Crippen LogP contribution in [0.2, 0.25) is 0 Å². The van der Waals surface area contributed by atoms with Gasteiger partial charge in [-0.2, -0.15) is 0 Å². The van der Waals surface area contributed by atoms with Crippen LogP contribution in [0.1, 0.15) is 23.1 Å². The number of hydrogen-bond acceptors (Lipinski definition) is 8. The van der Waals surface area contributed by atoms with E-state index in [9.17, 15) is 19.7 Å². The summed E-state index contributed by atoms with van der Waals surface area (Å²) in [5.41, 5.74) is 0.185. The van der Waals surface area contributed by atoms with E-state index in [0.29, 0.717) is 5.69 Å². The highest BCUT2D eigenvalue weighted by molar-refractivity contribution is 5.98. The molecule has 136 valence electrons. The number of amides is 1. The summed E-state index contributed by atoms with van der Waals surface area (Å²) in [5, 5.41) is 13.5. The van der Waals surface area contributed by atoms with Crippen LogP contribution in [-0.2, 0) is 9.53 Å². The molecule has 0 aliphatic rings. The first-order valence-electron chi connectivity index (χ1n) is 7.44. The van der Waals surface area contributed by atoms with E-state index in [-0.39, 0.29) is 22.8 Å². The van der Waals surface area contributed by atoms with Gasteiger partial charge < -0.3 is 14.8 Å². The van der Waals surface area contributed by atoms with E-state index < -0.39 is 22.9 Å². The number of carbonyl (C=O) groups excluding carboxylic acids is 2. The lowest BCUT2D eigenvalue weighted by Crippen LogP contribution is -2.30. The number of benzene rings is 1. The maximum absolute atomic E-state index is 12.2. The predicted molar refractivity (Wildman–Crippen MR) is 89.9 cm³/mol. The van der Waals surface area contributed by atoms with Crippen LogP contribution in [-0.4, -0.2) is 40.0 Å². The van der Waals surface area contributed by atoms with Crippen molar-refractivity contribution in [3.8, 4) is 5.75 Å². The van der Waals surface area contributed by atoms with Crippen molar-refractivity contribution in [1.82, 2.24) is 9.97 Å². The van der Waals surface area contributed by atoms with E-state index in [0.717, 1.165) is 0 Å². The second kappa shape index (κ2) is 8.01. The Morgan fingerprint density at radius 1 is 1.27 bits per heavy atom. The maximum Gasteiger partial charge on any atom is 0.359 e. The molecule has 0 aliphatic heterocycles. The molecular formula is C16H16N4O6. The van der Waals surface area contributed by atoms with Crippen LogP contribution in [0.3, 0.4) is 0 Å². The molecule has 0 saturated heterocycles. The summed E-state index contributed by atoms with van der Waals surface area (Å²) in [6.07, 6.45) is 1.42. The molecule has 10 nitrogen and oxygen atoms in total. The molecule has 1 unspecified atom stereocenters. The number of esters is 1. The first-order valence-corrected chi connectivity index (χ1v) is 7.44. The van der Waals surface area contributed by atoms with Gasteiger partial charge in [-0.1, -0.05) is 0 Å². The van der Waals surface area contributed by atoms with Gasteiger partial charge in [0, 0.05) is 6.20 Å². The SMILES string of the molecule is COc1ccc(NC(=O)C(C)OC(=O)c2cnc(C)cn2)c([N+](=O)[O-])c1. The minimum Gasteiger partial charge on any atom is -0.496 e. The summed E-state index contributed by atoms with van der Waals surface area (Å²) in [4.78, 5) is 42.4. The van der Waals surface area contributed by atoms with Gasteiger partial charge >= 0.3 is 5.97 Å². The van der Waals surface area contributed by atoms with E-state index in [4.69, 9.17) is 9.47 Å². The number of methoxy groups -OCH3 is 1. The molecule has 1 aromatic heterocycles. The lowest BCUT2D eigenvalue weighted by atomic mass is 10.2. The molecule has 1 aromatic carbocycles.